The Morgan fingerprint density at radius 1 is 1.20 bits per heavy atom. The first-order chi connectivity index (χ1) is 26.8. The molecule has 3 atom stereocenters. The highest BCUT2D eigenvalue weighted by Gasteiger charge is 2.49. The summed E-state index contributed by atoms with van der Waals surface area (Å²) in [7, 11) is 0. The first-order valence-electron chi connectivity index (χ1n) is 17.7. The number of alkyl halides is 3. The molecule has 0 saturated carbocycles. The number of oxime groups is 1. The maximum Gasteiger partial charge on any atom is 0.425 e. The van der Waals surface area contributed by atoms with Crippen LogP contribution in [0.3, 0.4) is 0 Å². The normalized spacial score (nSPS) is 20.3. The summed E-state index contributed by atoms with van der Waals surface area (Å²) in [5.41, 5.74) is 12.3. The van der Waals surface area contributed by atoms with E-state index in [1.807, 2.05) is 24.0 Å². The second-order valence-electron chi connectivity index (χ2n) is 13.9. The summed E-state index contributed by atoms with van der Waals surface area (Å²) < 4.78 is 83.1. The second-order valence-corrected chi connectivity index (χ2v) is 15.3. The minimum atomic E-state index is -4.50. The van der Waals surface area contributed by atoms with Gasteiger partial charge in [0.25, 0.3) is 0 Å². The molecule has 2 fully saturated rings. The van der Waals surface area contributed by atoms with Gasteiger partial charge in [-0.3, -0.25) is 4.90 Å². The Labute approximate surface area is 325 Å². The van der Waals surface area contributed by atoms with E-state index in [0.29, 0.717) is 30.8 Å². The molecule has 2 aromatic carbocycles. The summed E-state index contributed by atoms with van der Waals surface area (Å²) in [6.07, 6.45) is 1.23. The number of nitriles is 1. The molecule has 2 saturated heterocycles. The van der Waals surface area contributed by atoms with Crippen LogP contribution in [0.25, 0.3) is 32.1 Å². The van der Waals surface area contributed by atoms with Crippen LogP contribution in [0.2, 0.25) is 5.02 Å². The van der Waals surface area contributed by atoms with Crippen LogP contribution < -0.4 is 25.8 Å². The van der Waals surface area contributed by atoms with Gasteiger partial charge < -0.3 is 30.7 Å². The predicted molar refractivity (Wildman–Crippen MR) is 202 cm³/mol. The van der Waals surface area contributed by atoms with Crippen molar-refractivity contribution in [3.63, 3.8) is 0 Å². The van der Waals surface area contributed by atoms with Gasteiger partial charge in [-0.2, -0.15) is 28.4 Å². The zero-order valence-electron chi connectivity index (χ0n) is 29.7. The molecule has 292 valence electrons. The topological polar surface area (TPSA) is 161 Å². The fraction of sp³-hybridized carbons (Fsp3) is 0.378. The van der Waals surface area contributed by atoms with Gasteiger partial charge in [-0.1, -0.05) is 28.9 Å². The highest BCUT2D eigenvalue weighted by molar-refractivity contribution is 7.23. The molecular weight excluding hydrogens is 781 g/mol. The van der Waals surface area contributed by atoms with E-state index in [1.54, 1.807) is 12.3 Å². The molecule has 3 aliphatic rings. The van der Waals surface area contributed by atoms with Crippen molar-refractivity contribution in [2.75, 3.05) is 49.3 Å². The van der Waals surface area contributed by atoms with Crippen molar-refractivity contribution in [1.82, 2.24) is 19.9 Å². The Bertz CT molecular complexity index is 2440. The SMILES string of the molecule is C[C@H](c1cccnc1N)N1CCOc2c(Cl)c(-c3ccc(F)c4sc(N)c(C#N)c34)c(F)c3nc(OC[C@@]45CCCN4[C@H](/C=N/OCC(F)(F)F)CC5)nc1c23. The third-order valence-electron chi connectivity index (χ3n) is 10.7. The van der Waals surface area contributed by atoms with Crippen LogP contribution >= 0.6 is 22.9 Å². The van der Waals surface area contributed by atoms with Gasteiger partial charge in [0.05, 0.1) is 45.0 Å². The van der Waals surface area contributed by atoms with Crippen LogP contribution in [0.1, 0.15) is 49.8 Å². The number of hydrogen-bond donors (Lipinski definition) is 2. The van der Waals surface area contributed by atoms with Crippen molar-refractivity contribution in [2.24, 2.45) is 5.16 Å². The van der Waals surface area contributed by atoms with Crippen molar-refractivity contribution in [1.29, 1.82) is 5.26 Å². The smallest absolute Gasteiger partial charge is 0.425 e. The lowest BCUT2D eigenvalue weighted by Crippen LogP contribution is -2.47. The zero-order chi connectivity index (χ0) is 39.5. The summed E-state index contributed by atoms with van der Waals surface area (Å²) in [5.74, 6) is -0.901. The van der Waals surface area contributed by atoms with E-state index in [1.165, 1.54) is 12.3 Å². The van der Waals surface area contributed by atoms with E-state index in [4.69, 9.17) is 37.5 Å². The second kappa shape index (κ2) is 14.4. The molecule has 0 bridgehead atoms. The number of hydrogen-bond acceptors (Lipinski definition) is 13. The zero-order valence-corrected chi connectivity index (χ0v) is 31.2. The molecule has 0 unspecified atom stereocenters. The van der Waals surface area contributed by atoms with Crippen molar-refractivity contribution in [3.05, 3.63) is 58.2 Å². The number of rotatable bonds is 9. The van der Waals surface area contributed by atoms with Gasteiger partial charge in [-0.25, -0.2) is 13.8 Å². The number of anilines is 3. The molecule has 56 heavy (non-hydrogen) atoms. The summed E-state index contributed by atoms with van der Waals surface area (Å²) in [6.45, 7) is 1.48. The van der Waals surface area contributed by atoms with E-state index in [0.717, 1.165) is 30.2 Å². The van der Waals surface area contributed by atoms with Gasteiger partial charge in [0.2, 0.25) is 6.61 Å². The van der Waals surface area contributed by atoms with Gasteiger partial charge >= 0.3 is 12.2 Å². The summed E-state index contributed by atoms with van der Waals surface area (Å²) in [5, 5.41) is 13.8. The Kier molecular flexibility index (Phi) is 9.66. The van der Waals surface area contributed by atoms with Crippen LogP contribution in [0.5, 0.6) is 11.8 Å². The lowest BCUT2D eigenvalue weighted by molar-refractivity contribution is -0.173. The number of benzene rings is 2. The van der Waals surface area contributed by atoms with E-state index >= 15 is 8.78 Å². The maximum atomic E-state index is 17.4. The third kappa shape index (κ3) is 6.40. The lowest BCUT2D eigenvalue weighted by atomic mass is 9.95. The molecular formula is C37H33ClF5N9O3S. The summed E-state index contributed by atoms with van der Waals surface area (Å²) in [4.78, 5) is 22.2. The number of fused-ring (bicyclic) bond motifs is 2. The fourth-order valence-corrected chi connectivity index (χ4v) is 9.47. The highest BCUT2D eigenvalue weighted by Crippen LogP contribution is 2.51. The molecule has 5 aromatic rings. The molecule has 0 amide bonds. The molecule has 3 aromatic heterocycles. The molecule has 12 nitrogen and oxygen atoms in total. The Morgan fingerprint density at radius 3 is 2.79 bits per heavy atom. The first kappa shape index (κ1) is 37.7. The maximum absolute atomic E-state index is 17.4. The number of halogens is 6. The number of thiophene rings is 1. The van der Waals surface area contributed by atoms with Crippen molar-refractivity contribution in [2.45, 2.75) is 56.4 Å². The van der Waals surface area contributed by atoms with E-state index in [-0.39, 0.29) is 91.1 Å². The minimum absolute atomic E-state index is 0.0180. The molecule has 0 spiro atoms. The Hall–Kier alpha value is -5.25. The van der Waals surface area contributed by atoms with Gasteiger partial charge in [-0.05, 0) is 56.8 Å². The standard InChI is InChI=1S/C37H33ClF5N9O3S/c1-18(20-4-2-10-47-32(20)45)51-12-13-53-30-26-29(28(40)25(27(30)38)21-5-6-23(39)31-24(21)22(14-44)33(46)56-31)49-35(50-34(26)51)54-16-36-8-3-11-52(36)19(7-9-36)15-48-55-17-37(41,42)43/h2,4-6,10,15,18-19H,3,7-9,11-13,16-17,46H2,1H3,(H2,45,47)/b48-15+/t18-,19+,36+/m1/s1. The Balaban J connectivity index is 1.25. The fourth-order valence-electron chi connectivity index (χ4n) is 8.19. The molecule has 8 rings (SSSR count). The van der Waals surface area contributed by atoms with Crippen LogP contribution in [0.15, 0.2) is 35.6 Å². The monoisotopic (exact) mass is 813 g/mol. The molecule has 6 heterocycles. The predicted octanol–water partition coefficient (Wildman–Crippen LogP) is 7.77. The van der Waals surface area contributed by atoms with E-state index in [2.05, 4.69) is 24.9 Å². The van der Waals surface area contributed by atoms with Crippen LogP contribution in [0.4, 0.5) is 38.6 Å². The van der Waals surface area contributed by atoms with Crippen LogP contribution in [-0.2, 0) is 4.84 Å². The molecule has 3 aliphatic heterocycles. The van der Waals surface area contributed by atoms with Crippen molar-refractivity contribution < 1.29 is 36.3 Å². The molecule has 0 radical (unpaired) electrons. The molecule has 0 aliphatic carbocycles. The van der Waals surface area contributed by atoms with Crippen molar-refractivity contribution in [3.8, 4) is 29.0 Å². The number of ether oxygens (including phenoxy) is 2. The van der Waals surface area contributed by atoms with Gasteiger partial charge in [0.15, 0.2) is 11.6 Å². The van der Waals surface area contributed by atoms with Gasteiger partial charge in [0, 0.05) is 28.8 Å². The van der Waals surface area contributed by atoms with Crippen molar-refractivity contribution >= 4 is 66.8 Å². The minimum Gasteiger partial charge on any atom is -0.489 e. The average molecular weight is 814 g/mol. The van der Waals surface area contributed by atoms with E-state index in [9.17, 15) is 18.4 Å². The van der Waals surface area contributed by atoms with Crippen LogP contribution in [0, 0.1) is 23.0 Å². The number of aromatic nitrogens is 3. The van der Waals surface area contributed by atoms with Gasteiger partial charge in [-0.15, -0.1) is 11.3 Å². The number of nitrogen functional groups attached to an aromatic ring is 2. The number of nitrogens with zero attached hydrogens (tertiary/aromatic N) is 7. The molecule has 19 heteroatoms. The van der Waals surface area contributed by atoms with E-state index < -0.39 is 36.0 Å². The van der Waals surface area contributed by atoms with Gasteiger partial charge in [0.1, 0.15) is 47.3 Å². The number of pyridine rings is 1. The quantitative estimate of drug-likeness (QED) is 0.0850. The summed E-state index contributed by atoms with van der Waals surface area (Å²) >= 11 is 7.93. The number of nitrogens with two attached hydrogens (primary N) is 2. The lowest BCUT2D eigenvalue weighted by Gasteiger charge is -2.33. The summed E-state index contributed by atoms with van der Waals surface area (Å²) in [6, 6.07) is 7.20. The average Bonchev–Trinajstić information content (AvgIpc) is 3.80. The highest BCUT2D eigenvalue weighted by atomic mass is 35.5. The largest absolute Gasteiger partial charge is 0.489 e. The van der Waals surface area contributed by atoms with Crippen LogP contribution in [-0.4, -0.2) is 76.7 Å². The first-order valence-corrected chi connectivity index (χ1v) is 18.9. The molecule has 4 N–H and O–H groups in total. The third-order valence-corrected chi connectivity index (χ3v) is 12.1. The Morgan fingerprint density at radius 2 is 2.02 bits per heavy atom.